The van der Waals surface area contributed by atoms with Crippen LogP contribution in [0.5, 0.6) is 0 Å². The number of imidazole rings is 1. The maximum Gasteiger partial charge on any atom is 0.407 e. The van der Waals surface area contributed by atoms with Gasteiger partial charge >= 0.3 is 11.8 Å². The second-order valence-corrected chi connectivity index (χ2v) is 12.9. The summed E-state index contributed by atoms with van der Waals surface area (Å²) < 4.78 is 9.83. The zero-order valence-electron chi connectivity index (χ0n) is 27.2. The zero-order chi connectivity index (χ0) is 32.6. The van der Waals surface area contributed by atoms with Gasteiger partial charge in [0, 0.05) is 44.7 Å². The van der Waals surface area contributed by atoms with Crippen LogP contribution >= 0.6 is 0 Å². The Balaban J connectivity index is 1.40. The molecule has 6 rings (SSSR count). The highest BCUT2D eigenvalue weighted by Crippen LogP contribution is 2.27. The molecule has 2 saturated heterocycles. The molecular formula is C33H41N9O4. The minimum absolute atomic E-state index is 0.0846. The second kappa shape index (κ2) is 12.5. The molecule has 2 aliphatic heterocycles. The molecule has 1 unspecified atom stereocenters. The molecule has 0 saturated carbocycles. The van der Waals surface area contributed by atoms with Crippen molar-refractivity contribution in [1.29, 1.82) is 0 Å². The van der Waals surface area contributed by atoms with Gasteiger partial charge in [0.2, 0.25) is 5.95 Å². The van der Waals surface area contributed by atoms with Crippen LogP contribution < -0.4 is 26.4 Å². The number of ether oxygens (including phenoxy) is 1. The summed E-state index contributed by atoms with van der Waals surface area (Å²) in [5.41, 5.74) is -0.261. The molecule has 1 aromatic carbocycles. The van der Waals surface area contributed by atoms with Crippen molar-refractivity contribution in [1.82, 2.24) is 34.0 Å². The van der Waals surface area contributed by atoms with Crippen LogP contribution in [0.3, 0.4) is 0 Å². The van der Waals surface area contributed by atoms with Crippen molar-refractivity contribution in [2.24, 2.45) is 7.05 Å². The van der Waals surface area contributed by atoms with Crippen molar-refractivity contribution < 1.29 is 9.53 Å². The molecule has 5 heterocycles. The van der Waals surface area contributed by atoms with Crippen molar-refractivity contribution in [2.75, 3.05) is 36.0 Å². The summed E-state index contributed by atoms with van der Waals surface area (Å²) in [5.74, 6) is 7.73. The number of anilines is 2. The van der Waals surface area contributed by atoms with Gasteiger partial charge in [0.1, 0.15) is 11.4 Å². The lowest BCUT2D eigenvalue weighted by Gasteiger charge is -2.34. The van der Waals surface area contributed by atoms with E-state index in [0.29, 0.717) is 24.9 Å². The highest BCUT2D eigenvalue weighted by atomic mass is 16.6. The van der Waals surface area contributed by atoms with Gasteiger partial charge in [-0.1, -0.05) is 18.1 Å². The van der Waals surface area contributed by atoms with Gasteiger partial charge in [0.25, 0.3) is 5.56 Å². The van der Waals surface area contributed by atoms with Gasteiger partial charge < -0.3 is 19.9 Å². The summed E-state index contributed by atoms with van der Waals surface area (Å²) in [5, 5.41) is 3.92. The minimum atomic E-state index is -0.608. The predicted octanol–water partition coefficient (Wildman–Crippen LogP) is 3.01. The SMILES string of the molecule is CC#CCn1c(N2CCCC(NC(=O)OC(C)(C)C)C2)nc2c1c(=O)n(Cc1nc(N3CCCC3)c3ccccc3n1)c(=O)n2C. The Kier molecular flexibility index (Phi) is 8.46. The molecule has 2 aliphatic rings. The molecule has 13 heteroatoms. The Hall–Kier alpha value is -4.86. The van der Waals surface area contributed by atoms with Crippen molar-refractivity contribution in [3.8, 4) is 11.8 Å². The van der Waals surface area contributed by atoms with E-state index in [0.717, 1.165) is 55.5 Å². The van der Waals surface area contributed by atoms with E-state index in [9.17, 15) is 14.4 Å². The van der Waals surface area contributed by atoms with E-state index in [-0.39, 0.29) is 30.3 Å². The fourth-order valence-electron chi connectivity index (χ4n) is 6.29. The molecule has 46 heavy (non-hydrogen) atoms. The third-order valence-corrected chi connectivity index (χ3v) is 8.39. The number of benzene rings is 1. The number of piperidine rings is 1. The fraction of sp³-hybridized carbons (Fsp3) is 0.515. The van der Waals surface area contributed by atoms with Crippen LogP contribution in [0.15, 0.2) is 33.9 Å². The quantitative estimate of drug-likeness (QED) is 0.321. The molecule has 0 bridgehead atoms. The Morgan fingerprint density at radius 3 is 2.50 bits per heavy atom. The summed E-state index contributed by atoms with van der Waals surface area (Å²) in [6, 6.07) is 7.65. The molecule has 242 valence electrons. The molecule has 0 radical (unpaired) electrons. The maximum absolute atomic E-state index is 14.2. The zero-order valence-corrected chi connectivity index (χ0v) is 27.2. The summed E-state index contributed by atoms with van der Waals surface area (Å²) in [6.07, 6.45) is 3.28. The van der Waals surface area contributed by atoms with E-state index in [1.807, 2.05) is 49.9 Å². The van der Waals surface area contributed by atoms with Gasteiger partial charge in [-0.15, -0.1) is 5.92 Å². The van der Waals surface area contributed by atoms with Crippen molar-refractivity contribution in [3.63, 3.8) is 0 Å². The maximum atomic E-state index is 14.2. The van der Waals surface area contributed by atoms with E-state index < -0.39 is 22.9 Å². The van der Waals surface area contributed by atoms with E-state index in [1.165, 1.54) is 9.13 Å². The van der Waals surface area contributed by atoms with Gasteiger partial charge in [0.05, 0.1) is 18.6 Å². The minimum Gasteiger partial charge on any atom is -0.444 e. The first kappa shape index (κ1) is 31.1. The number of hydrogen-bond donors (Lipinski definition) is 1. The van der Waals surface area contributed by atoms with Crippen LogP contribution in [0.2, 0.25) is 0 Å². The first-order chi connectivity index (χ1) is 22.0. The summed E-state index contributed by atoms with van der Waals surface area (Å²) in [7, 11) is 1.62. The number of carbonyl (C=O) groups excluding carboxylic acids is 1. The normalized spacial score (nSPS) is 16.9. The number of para-hydroxylation sites is 1. The van der Waals surface area contributed by atoms with E-state index in [1.54, 1.807) is 18.5 Å². The smallest absolute Gasteiger partial charge is 0.407 e. The fourth-order valence-corrected chi connectivity index (χ4v) is 6.29. The van der Waals surface area contributed by atoms with Crippen LogP contribution in [0.1, 0.15) is 59.2 Å². The Labute approximate surface area is 267 Å². The Morgan fingerprint density at radius 1 is 1.02 bits per heavy atom. The lowest BCUT2D eigenvalue weighted by Crippen LogP contribution is -2.49. The largest absolute Gasteiger partial charge is 0.444 e. The highest BCUT2D eigenvalue weighted by molar-refractivity contribution is 5.89. The number of fused-ring (bicyclic) bond motifs is 2. The monoisotopic (exact) mass is 627 g/mol. The van der Waals surface area contributed by atoms with Gasteiger partial charge in [-0.25, -0.2) is 19.6 Å². The number of nitrogens with one attached hydrogen (secondary N) is 1. The number of aryl methyl sites for hydroxylation is 1. The third-order valence-electron chi connectivity index (χ3n) is 8.39. The summed E-state index contributed by atoms with van der Waals surface area (Å²) in [6.45, 7) is 10.3. The van der Waals surface area contributed by atoms with Crippen LogP contribution in [0.25, 0.3) is 22.1 Å². The molecule has 3 aromatic heterocycles. The summed E-state index contributed by atoms with van der Waals surface area (Å²) >= 11 is 0. The van der Waals surface area contributed by atoms with Gasteiger partial charge in [-0.2, -0.15) is 4.98 Å². The number of carbonyl (C=O) groups is 1. The molecular weight excluding hydrogens is 586 g/mol. The van der Waals surface area contributed by atoms with Gasteiger partial charge in [-0.3, -0.25) is 18.5 Å². The second-order valence-electron chi connectivity index (χ2n) is 12.9. The van der Waals surface area contributed by atoms with Gasteiger partial charge in [0.15, 0.2) is 17.0 Å². The lowest BCUT2D eigenvalue weighted by molar-refractivity contribution is 0.0499. The third kappa shape index (κ3) is 6.16. The summed E-state index contributed by atoms with van der Waals surface area (Å²) in [4.78, 5) is 59.2. The molecule has 4 aromatic rings. The van der Waals surface area contributed by atoms with E-state index in [2.05, 4.69) is 22.1 Å². The molecule has 1 N–H and O–H groups in total. The number of rotatable bonds is 6. The van der Waals surface area contributed by atoms with Crippen LogP contribution in [-0.4, -0.2) is 72.6 Å². The standard InChI is InChI=1S/C33H41N9O4/c1-6-7-19-41-26-28(37-30(41)40-18-12-13-22(20-40)34-31(44)46-33(2,3)4)38(5)32(45)42(29(26)43)21-25-35-24-15-9-8-14-23(24)27(36-25)39-16-10-11-17-39/h8-9,14-15,22H,10-13,16-21H2,1-5H3,(H,34,44). The number of amides is 1. The number of aromatic nitrogens is 6. The highest BCUT2D eigenvalue weighted by Gasteiger charge is 2.29. The Morgan fingerprint density at radius 2 is 1.76 bits per heavy atom. The predicted molar refractivity (Wildman–Crippen MR) is 177 cm³/mol. The Bertz CT molecular complexity index is 1970. The number of nitrogens with zero attached hydrogens (tertiary/aromatic N) is 8. The topological polar surface area (TPSA) is 132 Å². The van der Waals surface area contributed by atoms with Crippen LogP contribution in [0.4, 0.5) is 16.6 Å². The molecule has 0 spiro atoms. The van der Waals surface area contributed by atoms with Crippen molar-refractivity contribution in [2.45, 2.75) is 78.1 Å². The van der Waals surface area contributed by atoms with Crippen LogP contribution in [-0.2, 0) is 24.9 Å². The first-order valence-corrected chi connectivity index (χ1v) is 15.9. The average molecular weight is 628 g/mol. The number of alkyl carbamates (subject to hydrolysis) is 1. The molecule has 1 amide bonds. The average Bonchev–Trinajstić information content (AvgIpc) is 3.69. The molecule has 0 aliphatic carbocycles. The van der Waals surface area contributed by atoms with Crippen molar-refractivity contribution >= 4 is 39.9 Å². The van der Waals surface area contributed by atoms with E-state index >= 15 is 0 Å². The van der Waals surface area contributed by atoms with Crippen molar-refractivity contribution in [3.05, 3.63) is 50.9 Å². The number of hydrogen-bond acceptors (Lipinski definition) is 9. The lowest BCUT2D eigenvalue weighted by atomic mass is 10.1. The van der Waals surface area contributed by atoms with Gasteiger partial charge in [-0.05, 0) is 65.5 Å². The van der Waals surface area contributed by atoms with Crippen LogP contribution in [0, 0.1) is 11.8 Å². The van der Waals surface area contributed by atoms with E-state index in [4.69, 9.17) is 19.7 Å². The molecule has 13 nitrogen and oxygen atoms in total. The molecule has 1 atom stereocenters. The first-order valence-electron chi connectivity index (χ1n) is 15.9. The molecule has 2 fully saturated rings.